The fourth-order valence-corrected chi connectivity index (χ4v) is 3.04. The molecule has 1 saturated heterocycles. The Morgan fingerprint density at radius 1 is 1.17 bits per heavy atom. The fourth-order valence-electron chi connectivity index (χ4n) is 3.04. The molecule has 3 rings (SSSR count). The van der Waals surface area contributed by atoms with Gasteiger partial charge in [0.15, 0.2) is 5.78 Å². The van der Waals surface area contributed by atoms with Crippen molar-refractivity contribution >= 4 is 11.6 Å². The summed E-state index contributed by atoms with van der Waals surface area (Å²) in [5.74, 6) is 1.96. The highest BCUT2D eigenvalue weighted by atomic mass is 16.5. The lowest BCUT2D eigenvalue weighted by Gasteiger charge is -2.35. The molecule has 5 heteroatoms. The monoisotopic (exact) mass is 325 g/mol. The van der Waals surface area contributed by atoms with Gasteiger partial charge in [0.05, 0.1) is 7.11 Å². The number of piperazine rings is 1. The molecule has 1 aromatic carbocycles. The minimum atomic E-state index is 0.0823. The molecule has 0 saturated carbocycles. The molecule has 126 valence electrons. The smallest absolute Gasteiger partial charge is 0.159 e. The van der Waals surface area contributed by atoms with Crippen molar-refractivity contribution in [1.29, 1.82) is 0 Å². The molecule has 0 aliphatic carbocycles. The molecule has 0 radical (unpaired) electrons. The minimum Gasteiger partial charge on any atom is -0.496 e. The summed E-state index contributed by atoms with van der Waals surface area (Å²) in [7, 11) is 1.67. The lowest BCUT2D eigenvalue weighted by atomic mass is 10.1. The number of benzene rings is 1. The predicted molar refractivity (Wildman–Crippen MR) is 94.7 cm³/mol. The van der Waals surface area contributed by atoms with Crippen LogP contribution in [0.1, 0.15) is 22.8 Å². The maximum Gasteiger partial charge on any atom is 0.159 e. The zero-order valence-electron chi connectivity index (χ0n) is 14.2. The minimum absolute atomic E-state index is 0.0823. The first-order valence-electron chi connectivity index (χ1n) is 8.23. The zero-order valence-corrected chi connectivity index (χ0v) is 14.2. The quantitative estimate of drug-likeness (QED) is 0.791. The highest BCUT2D eigenvalue weighted by Gasteiger charge is 2.19. The highest BCUT2D eigenvalue weighted by molar-refractivity contribution is 5.94. The summed E-state index contributed by atoms with van der Waals surface area (Å²) >= 11 is 0. The molecule has 2 heterocycles. The zero-order chi connectivity index (χ0) is 16.9. The fraction of sp³-hybridized carbons (Fsp3) is 0.368. The van der Waals surface area contributed by atoms with E-state index in [2.05, 4.69) is 20.9 Å². The van der Waals surface area contributed by atoms with Crippen LogP contribution in [0.15, 0.2) is 42.6 Å². The second-order valence-electron chi connectivity index (χ2n) is 6.03. The number of rotatable bonds is 5. The molecular formula is C19H23N3O2. The van der Waals surface area contributed by atoms with Crippen molar-refractivity contribution in [2.24, 2.45) is 0 Å². The number of anilines is 1. The van der Waals surface area contributed by atoms with E-state index >= 15 is 0 Å². The first-order chi connectivity index (χ1) is 11.7. The molecule has 0 bridgehead atoms. The molecule has 1 fully saturated rings. The molecule has 2 aromatic rings. The van der Waals surface area contributed by atoms with E-state index in [1.165, 1.54) is 0 Å². The van der Waals surface area contributed by atoms with Crippen molar-refractivity contribution in [1.82, 2.24) is 9.88 Å². The number of Topliss-reactive ketones (excluding diaryl/α,β-unsaturated/α-hetero) is 1. The van der Waals surface area contributed by atoms with Crippen molar-refractivity contribution in [2.45, 2.75) is 13.5 Å². The van der Waals surface area contributed by atoms with Crippen LogP contribution in [0.4, 0.5) is 5.82 Å². The number of hydrogen-bond acceptors (Lipinski definition) is 5. The maximum absolute atomic E-state index is 11.6. The van der Waals surface area contributed by atoms with Crippen LogP contribution in [0.3, 0.4) is 0 Å². The van der Waals surface area contributed by atoms with Gasteiger partial charge in [-0.05, 0) is 37.3 Å². The first-order valence-corrected chi connectivity index (χ1v) is 8.23. The third kappa shape index (κ3) is 3.74. The van der Waals surface area contributed by atoms with Crippen LogP contribution in [0.2, 0.25) is 0 Å². The van der Waals surface area contributed by atoms with E-state index in [1.54, 1.807) is 14.0 Å². The Hall–Kier alpha value is -2.40. The third-order valence-corrected chi connectivity index (χ3v) is 4.43. The molecule has 0 spiro atoms. The molecule has 5 nitrogen and oxygen atoms in total. The van der Waals surface area contributed by atoms with Crippen molar-refractivity contribution in [2.75, 3.05) is 38.2 Å². The standard InChI is InChI=1S/C19H23N3O2/c1-15(23)16-6-7-18(24-2)17(13-16)14-21-9-11-22(12-10-21)19-5-3-4-8-20-19/h3-8,13H,9-12,14H2,1-2H3. The average molecular weight is 325 g/mol. The summed E-state index contributed by atoms with van der Waals surface area (Å²) in [5, 5.41) is 0. The Labute approximate surface area is 142 Å². The summed E-state index contributed by atoms with van der Waals surface area (Å²) < 4.78 is 5.45. The highest BCUT2D eigenvalue weighted by Crippen LogP contribution is 2.23. The molecular weight excluding hydrogens is 302 g/mol. The topological polar surface area (TPSA) is 45.7 Å². The summed E-state index contributed by atoms with van der Waals surface area (Å²) in [6, 6.07) is 11.7. The molecule has 0 atom stereocenters. The van der Waals surface area contributed by atoms with Gasteiger partial charge in [-0.1, -0.05) is 6.07 Å². The van der Waals surface area contributed by atoms with Gasteiger partial charge in [-0.25, -0.2) is 4.98 Å². The van der Waals surface area contributed by atoms with E-state index in [-0.39, 0.29) is 5.78 Å². The van der Waals surface area contributed by atoms with Gasteiger partial charge in [0.2, 0.25) is 0 Å². The van der Waals surface area contributed by atoms with Gasteiger partial charge >= 0.3 is 0 Å². The summed E-state index contributed by atoms with van der Waals surface area (Å²) in [4.78, 5) is 20.7. The number of hydrogen-bond donors (Lipinski definition) is 0. The summed E-state index contributed by atoms with van der Waals surface area (Å²) in [6.45, 7) is 6.21. The van der Waals surface area contributed by atoms with Gasteiger partial charge in [0.25, 0.3) is 0 Å². The molecule has 24 heavy (non-hydrogen) atoms. The number of carbonyl (C=O) groups excluding carboxylic acids is 1. The third-order valence-electron chi connectivity index (χ3n) is 4.43. The van der Waals surface area contributed by atoms with E-state index in [4.69, 9.17) is 4.74 Å². The second kappa shape index (κ2) is 7.45. The number of carbonyl (C=O) groups is 1. The van der Waals surface area contributed by atoms with Gasteiger partial charge in [0.1, 0.15) is 11.6 Å². The Balaban J connectivity index is 1.65. The first kappa shape index (κ1) is 16.5. The van der Waals surface area contributed by atoms with Crippen molar-refractivity contribution < 1.29 is 9.53 Å². The lowest BCUT2D eigenvalue weighted by Crippen LogP contribution is -2.46. The molecule has 1 aliphatic heterocycles. The van der Waals surface area contributed by atoms with Gasteiger partial charge in [-0.15, -0.1) is 0 Å². The second-order valence-corrected chi connectivity index (χ2v) is 6.03. The van der Waals surface area contributed by atoms with Crippen LogP contribution < -0.4 is 9.64 Å². The Morgan fingerprint density at radius 2 is 1.96 bits per heavy atom. The largest absolute Gasteiger partial charge is 0.496 e. The van der Waals surface area contributed by atoms with E-state index in [9.17, 15) is 4.79 Å². The Kier molecular flexibility index (Phi) is 5.11. The average Bonchev–Trinajstić information content (AvgIpc) is 2.63. The van der Waals surface area contributed by atoms with E-state index < -0.39 is 0 Å². The van der Waals surface area contributed by atoms with Crippen LogP contribution in [0.25, 0.3) is 0 Å². The number of ether oxygens (including phenoxy) is 1. The van der Waals surface area contributed by atoms with Gasteiger partial charge in [0, 0.05) is 50.0 Å². The van der Waals surface area contributed by atoms with Crippen LogP contribution >= 0.6 is 0 Å². The molecule has 0 unspecified atom stereocenters. The predicted octanol–water partition coefficient (Wildman–Crippen LogP) is 2.62. The molecule has 0 amide bonds. The van der Waals surface area contributed by atoms with E-state index in [0.29, 0.717) is 0 Å². The summed E-state index contributed by atoms with van der Waals surface area (Å²) in [5.41, 5.74) is 1.80. The van der Waals surface area contributed by atoms with Crippen LogP contribution in [0.5, 0.6) is 5.75 Å². The summed E-state index contributed by atoms with van der Waals surface area (Å²) in [6.07, 6.45) is 1.83. The van der Waals surface area contributed by atoms with Crippen molar-refractivity contribution in [3.8, 4) is 5.75 Å². The van der Waals surface area contributed by atoms with Gasteiger partial charge < -0.3 is 9.64 Å². The number of nitrogens with zero attached hydrogens (tertiary/aromatic N) is 3. The number of ketones is 1. The number of methoxy groups -OCH3 is 1. The van der Waals surface area contributed by atoms with Gasteiger partial charge in [-0.2, -0.15) is 0 Å². The molecule has 0 N–H and O–H groups in total. The van der Waals surface area contributed by atoms with Crippen molar-refractivity contribution in [3.63, 3.8) is 0 Å². The Morgan fingerprint density at radius 3 is 2.58 bits per heavy atom. The number of pyridine rings is 1. The molecule has 1 aromatic heterocycles. The van der Waals surface area contributed by atoms with Crippen LogP contribution in [0, 0.1) is 0 Å². The van der Waals surface area contributed by atoms with Crippen LogP contribution in [-0.4, -0.2) is 49.0 Å². The van der Waals surface area contributed by atoms with Gasteiger partial charge in [-0.3, -0.25) is 9.69 Å². The SMILES string of the molecule is COc1ccc(C(C)=O)cc1CN1CCN(c2ccccn2)CC1. The van der Waals surface area contributed by atoms with E-state index in [0.717, 1.165) is 55.4 Å². The van der Waals surface area contributed by atoms with E-state index in [1.807, 2.05) is 36.5 Å². The number of aromatic nitrogens is 1. The molecule has 1 aliphatic rings. The Bertz CT molecular complexity index is 695. The lowest BCUT2D eigenvalue weighted by molar-refractivity contribution is 0.101. The van der Waals surface area contributed by atoms with Crippen molar-refractivity contribution in [3.05, 3.63) is 53.7 Å². The maximum atomic E-state index is 11.6. The normalized spacial score (nSPS) is 15.3. The van der Waals surface area contributed by atoms with Crippen LogP contribution in [-0.2, 0) is 6.54 Å².